The Bertz CT molecular complexity index is 400. The second-order valence-corrected chi connectivity index (χ2v) is 2.37. The van der Waals surface area contributed by atoms with Gasteiger partial charge < -0.3 is 9.57 Å². The number of imidazole rings is 1. The third-order valence-electron chi connectivity index (χ3n) is 1.54. The van der Waals surface area contributed by atoms with Crippen molar-refractivity contribution >= 4 is 11.0 Å². The minimum absolute atomic E-state index is 0.174. The largest absolute Gasteiger partial charge is 0.384 e. The summed E-state index contributed by atoms with van der Waals surface area (Å²) in [7, 11) is 1.55. The van der Waals surface area contributed by atoms with E-state index in [4.69, 9.17) is 9.57 Å². The van der Waals surface area contributed by atoms with E-state index in [2.05, 4.69) is 15.2 Å². The topological polar surface area (TPSA) is 62.1 Å². The van der Waals surface area contributed by atoms with Gasteiger partial charge in [0, 0.05) is 7.11 Å². The zero-order chi connectivity index (χ0) is 9.10. The van der Waals surface area contributed by atoms with Crippen molar-refractivity contribution in [3.05, 3.63) is 18.7 Å². The molecule has 0 aliphatic rings. The quantitative estimate of drug-likeness (QED) is 0.615. The Hall–Kier alpha value is -1.69. The number of hydrogen-bond acceptors (Lipinski definition) is 5. The second kappa shape index (κ2) is 3.36. The zero-order valence-corrected chi connectivity index (χ0v) is 7.04. The fraction of sp³-hybridized carbons (Fsp3) is 0.286. The minimum atomic E-state index is 0.174. The molecule has 0 saturated heterocycles. The van der Waals surface area contributed by atoms with Crippen LogP contribution < -0.4 is 4.84 Å². The number of methoxy groups -OCH3 is 1. The van der Waals surface area contributed by atoms with Gasteiger partial charge in [0.1, 0.15) is 17.4 Å². The first kappa shape index (κ1) is 7.93. The van der Waals surface area contributed by atoms with Crippen LogP contribution in [0.5, 0.6) is 0 Å². The van der Waals surface area contributed by atoms with Crippen molar-refractivity contribution < 1.29 is 9.57 Å². The zero-order valence-electron chi connectivity index (χ0n) is 7.04. The summed E-state index contributed by atoms with van der Waals surface area (Å²) in [6, 6.07) is 0. The van der Waals surface area contributed by atoms with Crippen molar-refractivity contribution in [2.45, 2.75) is 0 Å². The summed E-state index contributed by atoms with van der Waals surface area (Å²) in [4.78, 5) is 9.22. The average molecular weight is 180 g/mol. The van der Waals surface area contributed by atoms with Crippen LogP contribution in [-0.4, -0.2) is 33.8 Å². The van der Waals surface area contributed by atoms with E-state index in [0.29, 0.717) is 0 Å². The number of aromatic nitrogens is 4. The van der Waals surface area contributed by atoms with Crippen LogP contribution in [0.2, 0.25) is 0 Å². The van der Waals surface area contributed by atoms with Crippen molar-refractivity contribution in [3.63, 3.8) is 0 Å². The molecule has 68 valence electrons. The van der Waals surface area contributed by atoms with E-state index in [1.165, 1.54) is 4.73 Å². The molecule has 0 saturated carbocycles. The van der Waals surface area contributed by atoms with Gasteiger partial charge in [0.25, 0.3) is 0 Å². The van der Waals surface area contributed by atoms with Crippen LogP contribution in [0.3, 0.4) is 0 Å². The minimum Gasteiger partial charge on any atom is -0.384 e. The van der Waals surface area contributed by atoms with Crippen LogP contribution >= 0.6 is 0 Å². The predicted molar refractivity (Wildman–Crippen MR) is 43.8 cm³/mol. The number of fused-ring (bicyclic) bond motifs is 1. The van der Waals surface area contributed by atoms with Gasteiger partial charge in [-0.25, -0.2) is 4.98 Å². The Morgan fingerprint density at radius 3 is 3.08 bits per heavy atom. The van der Waals surface area contributed by atoms with E-state index < -0.39 is 0 Å². The Labute approximate surface area is 74.1 Å². The summed E-state index contributed by atoms with van der Waals surface area (Å²) < 4.78 is 6.25. The lowest BCUT2D eigenvalue weighted by atomic mass is 10.5. The first-order chi connectivity index (χ1) is 6.42. The van der Waals surface area contributed by atoms with E-state index >= 15 is 0 Å². The highest BCUT2D eigenvalue weighted by molar-refractivity contribution is 5.72. The summed E-state index contributed by atoms with van der Waals surface area (Å²) in [6.07, 6.45) is 4.70. The highest BCUT2D eigenvalue weighted by Crippen LogP contribution is 2.06. The molecule has 0 atom stereocenters. The number of rotatable bonds is 3. The standard InChI is InChI=1S/C7H8N4O2/c1-12-5-13-11-4-8-6-2-9-10-3-7(6)11/h2-4H,5H2,1H3. The number of ether oxygens (including phenoxy) is 1. The molecule has 0 aromatic carbocycles. The maximum Gasteiger partial charge on any atom is 0.214 e. The molecule has 0 aliphatic heterocycles. The average Bonchev–Trinajstić information content (AvgIpc) is 2.58. The second-order valence-electron chi connectivity index (χ2n) is 2.37. The molecule has 0 aliphatic carbocycles. The molecule has 2 rings (SSSR count). The Morgan fingerprint density at radius 2 is 2.23 bits per heavy atom. The molecule has 0 amide bonds. The van der Waals surface area contributed by atoms with E-state index in [1.807, 2.05) is 0 Å². The molecule has 6 heteroatoms. The summed E-state index contributed by atoms with van der Waals surface area (Å²) in [5, 5.41) is 7.42. The van der Waals surface area contributed by atoms with E-state index in [0.717, 1.165) is 11.0 Å². The lowest BCUT2D eigenvalue weighted by Crippen LogP contribution is -2.12. The third-order valence-corrected chi connectivity index (χ3v) is 1.54. The predicted octanol–water partition coefficient (Wildman–Crippen LogP) is -0.141. The maximum atomic E-state index is 5.17. The van der Waals surface area contributed by atoms with Crippen molar-refractivity contribution in [2.24, 2.45) is 0 Å². The highest BCUT2D eigenvalue weighted by atomic mass is 16.8. The molecule has 0 radical (unpaired) electrons. The van der Waals surface area contributed by atoms with Gasteiger partial charge in [-0.05, 0) is 0 Å². The molecule has 0 fully saturated rings. The van der Waals surface area contributed by atoms with Gasteiger partial charge in [-0.1, -0.05) is 0 Å². The van der Waals surface area contributed by atoms with Crippen molar-refractivity contribution in [2.75, 3.05) is 13.9 Å². The van der Waals surface area contributed by atoms with E-state index in [9.17, 15) is 0 Å². The van der Waals surface area contributed by atoms with Crippen LogP contribution in [0.4, 0.5) is 0 Å². The van der Waals surface area contributed by atoms with Gasteiger partial charge in [0.15, 0.2) is 0 Å². The lowest BCUT2D eigenvalue weighted by molar-refractivity contribution is -0.0339. The molecule has 13 heavy (non-hydrogen) atoms. The molecular formula is C7H8N4O2. The molecule has 0 spiro atoms. The molecule has 0 bridgehead atoms. The SMILES string of the molecule is COCOn1cnc2cnncc21. The maximum absolute atomic E-state index is 5.17. The van der Waals surface area contributed by atoms with Gasteiger partial charge in [-0.3, -0.25) is 0 Å². The monoisotopic (exact) mass is 180 g/mol. The van der Waals surface area contributed by atoms with Crippen LogP contribution in [0.15, 0.2) is 18.7 Å². The van der Waals surface area contributed by atoms with Crippen LogP contribution in [0.25, 0.3) is 11.0 Å². The first-order valence-corrected chi connectivity index (χ1v) is 3.68. The van der Waals surface area contributed by atoms with Crippen molar-refractivity contribution in [1.82, 2.24) is 19.9 Å². The number of nitrogens with zero attached hydrogens (tertiary/aromatic N) is 4. The summed E-state index contributed by atoms with van der Waals surface area (Å²) in [5.74, 6) is 0. The highest BCUT2D eigenvalue weighted by Gasteiger charge is 2.01. The number of hydrogen-bond donors (Lipinski definition) is 0. The molecule has 6 nitrogen and oxygen atoms in total. The van der Waals surface area contributed by atoms with Crippen LogP contribution in [-0.2, 0) is 4.74 Å². The molecule has 0 N–H and O–H groups in total. The lowest BCUT2D eigenvalue weighted by Gasteiger charge is -2.03. The molecule has 0 unspecified atom stereocenters. The summed E-state index contributed by atoms with van der Waals surface area (Å²) >= 11 is 0. The summed E-state index contributed by atoms with van der Waals surface area (Å²) in [6.45, 7) is 0.174. The normalized spacial score (nSPS) is 10.5. The van der Waals surface area contributed by atoms with Gasteiger partial charge in [-0.2, -0.15) is 14.9 Å². The molecule has 2 aromatic heterocycles. The smallest absolute Gasteiger partial charge is 0.214 e. The van der Waals surface area contributed by atoms with E-state index in [-0.39, 0.29) is 6.79 Å². The fourth-order valence-electron chi connectivity index (χ4n) is 0.967. The molecular weight excluding hydrogens is 172 g/mol. The van der Waals surface area contributed by atoms with Crippen molar-refractivity contribution in [3.8, 4) is 0 Å². The van der Waals surface area contributed by atoms with E-state index in [1.54, 1.807) is 25.8 Å². The Morgan fingerprint density at radius 1 is 1.38 bits per heavy atom. The third kappa shape index (κ3) is 1.43. The van der Waals surface area contributed by atoms with Crippen LogP contribution in [0.1, 0.15) is 0 Å². The van der Waals surface area contributed by atoms with Crippen molar-refractivity contribution in [1.29, 1.82) is 0 Å². The van der Waals surface area contributed by atoms with Gasteiger partial charge >= 0.3 is 0 Å². The van der Waals surface area contributed by atoms with Gasteiger partial charge in [0.2, 0.25) is 6.79 Å². The summed E-state index contributed by atoms with van der Waals surface area (Å²) in [5.41, 5.74) is 1.51. The Kier molecular flexibility index (Phi) is 2.05. The van der Waals surface area contributed by atoms with Gasteiger partial charge in [-0.15, -0.1) is 0 Å². The Balaban J connectivity index is 2.35. The van der Waals surface area contributed by atoms with Crippen LogP contribution in [0, 0.1) is 0 Å². The fourth-order valence-corrected chi connectivity index (χ4v) is 0.967. The van der Waals surface area contributed by atoms with Gasteiger partial charge in [0.05, 0.1) is 12.4 Å². The molecule has 2 aromatic rings. The molecule has 2 heterocycles. The first-order valence-electron chi connectivity index (χ1n) is 3.68.